The highest BCUT2D eigenvalue weighted by molar-refractivity contribution is 5.22. The molecule has 17 heavy (non-hydrogen) atoms. The van der Waals surface area contributed by atoms with Crippen molar-refractivity contribution in [3.05, 3.63) is 35.6 Å². The van der Waals surface area contributed by atoms with Gasteiger partial charge in [-0.3, -0.25) is 0 Å². The van der Waals surface area contributed by atoms with E-state index in [0.717, 1.165) is 25.1 Å². The summed E-state index contributed by atoms with van der Waals surface area (Å²) in [6.45, 7) is 7.02. The van der Waals surface area contributed by atoms with Gasteiger partial charge in [-0.2, -0.15) is 0 Å². The van der Waals surface area contributed by atoms with E-state index in [-0.39, 0.29) is 11.7 Å². The molecule has 1 rings (SSSR count). The Balaban J connectivity index is 2.64. The zero-order valence-electron chi connectivity index (χ0n) is 10.7. The van der Waals surface area contributed by atoms with Gasteiger partial charge in [-0.15, -0.1) is 0 Å². The van der Waals surface area contributed by atoms with Crippen molar-refractivity contribution < 1.29 is 9.13 Å². The molecular formula is C14H22FNO. The van der Waals surface area contributed by atoms with E-state index in [2.05, 4.69) is 12.2 Å². The van der Waals surface area contributed by atoms with Gasteiger partial charge in [0.05, 0.1) is 6.61 Å². The minimum absolute atomic E-state index is 0.0858. The molecule has 0 saturated carbocycles. The second-order valence-corrected chi connectivity index (χ2v) is 4.08. The molecule has 0 spiro atoms. The number of rotatable bonds is 8. The Morgan fingerprint density at radius 3 is 2.71 bits per heavy atom. The Bertz CT molecular complexity index is 317. The molecular weight excluding hydrogens is 217 g/mol. The van der Waals surface area contributed by atoms with E-state index in [4.69, 9.17) is 4.74 Å². The Labute approximate surface area is 103 Å². The second kappa shape index (κ2) is 8.20. The standard InChI is InChI=1S/C14H22FNO/c1-3-9-16-10-12(11-17-4-2)13-7-5-6-8-14(13)15/h5-8,12,16H,3-4,9-11H2,1-2H3. The summed E-state index contributed by atoms with van der Waals surface area (Å²) in [5.74, 6) is -0.0572. The molecule has 2 nitrogen and oxygen atoms in total. The van der Waals surface area contributed by atoms with Crippen LogP contribution >= 0.6 is 0 Å². The van der Waals surface area contributed by atoms with E-state index >= 15 is 0 Å². The molecule has 0 aromatic heterocycles. The Kier molecular flexibility index (Phi) is 6.82. The van der Waals surface area contributed by atoms with E-state index in [1.165, 1.54) is 6.07 Å². The highest BCUT2D eigenvalue weighted by Crippen LogP contribution is 2.19. The van der Waals surface area contributed by atoms with Gasteiger partial charge in [-0.05, 0) is 31.5 Å². The molecule has 0 radical (unpaired) electrons. The van der Waals surface area contributed by atoms with Gasteiger partial charge in [-0.1, -0.05) is 25.1 Å². The number of hydrogen-bond acceptors (Lipinski definition) is 2. The minimum Gasteiger partial charge on any atom is -0.381 e. The van der Waals surface area contributed by atoms with Gasteiger partial charge in [0.1, 0.15) is 5.82 Å². The lowest BCUT2D eigenvalue weighted by atomic mass is 9.99. The largest absolute Gasteiger partial charge is 0.381 e. The first-order valence-electron chi connectivity index (χ1n) is 6.32. The first-order chi connectivity index (χ1) is 8.29. The number of halogens is 1. The van der Waals surface area contributed by atoms with Gasteiger partial charge in [0.2, 0.25) is 0 Å². The van der Waals surface area contributed by atoms with Crippen LogP contribution in [0.3, 0.4) is 0 Å². The van der Waals surface area contributed by atoms with Gasteiger partial charge < -0.3 is 10.1 Å². The van der Waals surface area contributed by atoms with Crippen LogP contribution < -0.4 is 5.32 Å². The van der Waals surface area contributed by atoms with Crippen LogP contribution in [0.2, 0.25) is 0 Å². The molecule has 1 aromatic carbocycles. The normalized spacial score (nSPS) is 12.6. The lowest BCUT2D eigenvalue weighted by Crippen LogP contribution is -2.26. The van der Waals surface area contributed by atoms with Crippen molar-refractivity contribution in [3.63, 3.8) is 0 Å². The monoisotopic (exact) mass is 239 g/mol. The summed E-state index contributed by atoms with van der Waals surface area (Å²) in [6, 6.07) is 6.94. The van der Waals surface area contributed by atoms with Crippen molar-refractivity contribution in [2.75, 3.05) is 26.3 Å². The first kappa shape index (κ1) is 14.1. The van der Waals surface area contributed by atoms with Crippen LogP contribution in [-0.4, -0.2) is 26.3 Å². The first-order valence-corrected chi connectivity index (χ1v) is 6.32. The SMILES string of the molecule is CCCNCC(COCC)c1ccccc1F. The van der Waals surface area contributed by atoms with Gasteiger partial charge in [0.15, 0.2) is 0 Å². The zero-order valence-corrected chi connectivity index (χ0v) is 10.7. The fraction of sp³-hybridized carbons (Fsp3) is 0.571. The molecule has 0 aliphatic carbocycles. The van der Waals surface area contributed by atoms with E-state index in [1.54, 1.807) is 6.07 Å². The fourth-order valence-corrected chi connectivity index (χ4v) is 1.78. The van der Waals surface area contributed by atoms with Gasteiger partial charge in [-0.25, -0.2) is 4.39 Å². The molecule has 1 atom stereocenters. The summed E-state index contributed by atoms with van der Waals surface area (Å²) >= 11 is 0. The second-order valence-electron chi connectivity index (χ2n) is 4.08. The highest BCUT2D eigenvalue weighted by atomic mass is 19.1. The summed E-state index contributed by atoms with van der Waals surface area (Å²) in [5.41, 5.74) is 0.740. The predicted octanol–water partition coefficient (Wildman–Crippen LogP) is 2.95. The summed E-state index contributed by atoms with van der Waals surface area (Å²) < 4.78 is 19.1. The highest BCUT2D eigenvalue weighted by Gasteiger charge is 2.14. The van der Waals surface area contributed by atoms with E-state index < -0.39 is 0 Å². The van der Waals surface area contributed by atoms with Crippen LogP contribution in [0, 0.1) is 5.82 Å². The maximum Gasteiger partial charge on any atom is 0.126 e. The summed E-state index contributed by atoms with van der Waals surface area (Å²) in [7, 11) is 0. The van der Waals surface area contributed by atoms with Crippen molar-refractivity contribution >= 4 is 0 Å². The van der Waals surface area contributed by atoms with Crippen molar-refractivity contribution in [1.29, 1.82) is 0 Å². The zero-order chi connectivity index (χ0) is 12.5. The third-order valence-corrected chi connectivity index (χ3v) is 2.69. The number of ether oxygens (including phenoxy) is 1. The molecule has 0 saturated heterocycles. The predicted molar refractivity (Wildman–Crippen MR) is 68.8 cm³/mol. The molecule has 0 fully saturated rings. The molecule has 0 heterocycles. The van der Waals surface area contributed by atoms with Crippen LogP contribution in [0.25, 0.3) is 0 Å². The molecule has 0 amide bonds. The maximum atomic E-state index is 13.7. The van der Waals surface area contributed by atoms with E-state index in [9.17, 15) is 4.39 Å². The van der Waals surface area contributed by atoms with Crippen LogP contribution in [0.5, 0.6) is 0 Å². The van der Waals surface area contributed by atoms with Crippen molar-refractivity contribution in [2.45, 2.75) is 26.2 Å². The Hall–Kier alpha value is -0.930. The van der Waals surface area contributed by atoms with E-state index in [0.29, 0.717) is 13.2 Å². The minimum atomic E-state index is -0.143. The maximum absolute atomic E-state index is 13.7. The summed E-state index contributed by atoms with van der Waals surface area (Å²) in [5, 5.41) is 3.32. The third kappa shape index (κ3) is 4.84. The number of benzene rings is 1. The smallest absolute Gasteiger partial charge is 0.126 e. The van der Waals surface area contributed by atoms with Gasteiger partial charge >= 0.3 is 0 Å². The Morgan fingerprint density at radius 2 is 2.06 bits per heavy atom. The lowest BCUT2D eigenvalue weighted by molar-refractivity contribution is 0.130. The average molecular weight is 239 g/mol. The van der Waals surface area contributed by atoms with E-state index in [1.807, 2.05) is 19.1 Å². The molecule has 1 N–H and O–H groups in total. The summed E-state index contributed by atoms with van der Waals surface area (Å²) in [6.07, 6.45) is 1.08. The number of hydrogen-bond donors (Lipinski definition) is 1. The molecule has 0 aliphatic rings. The van der Waals surface area contributed by atoms with Crippen LogP contribution in [0.4, 0.5) is 4.39 Å². The molecule has 3 heteroatoms. The fourth-order valence-electron chi connectivity index (χ4n) is 1.78. The molecule has 0 aliphatic heterocycles. The van der Waals surface area contributed by atoms with Crippen LogP contribution in [-0.2, 0) is 4.74 Å². The van der Waals surface area contributed by atoms with Gasteiger partial charge in [0, 0.05) is 19.1 Å². The van der Waals surface area contributed by atoms with Crippen LogP contribution in [0.1, 0.15) is 31.7 Å². The van der Waals surface area contributed by atoms with Crippen molar-refractivity contribution in [1.82, 2.24) is 5.32 Å². The quantitative estimate of drug-likeness (QED) is 0.704. The van der Waals surface area contributed by atoms with Crippen molar-refractivity contribution in [2.24, 2.45) is 0 Å². The number of nitrogens with one attached hydrogen (secondary N) is 1. The molecule has 1 aromatic rings. The van der Waals surface area contributed by atoms with Crippen LogP contribution in [0.15, 0.2) is 24.3 Å². The molecule has 96 valence electrons. The third-order valence-electron chi connectivity index (χ3n) is 2.69. The average Bonchev–Trinajstić information content (AvgIpc) is 2.35. The topological polar surface area (TPSA) is 21.3 Å². The molecule has 1 unspecified atom stereocenters. The summed E-state index contributed by atoms with van der Waals surface area (Å²) in [4.78, 5) is 0. The Morgan fingerprint density at radius 1 is 1.29 bits per heavy atom. The van der Waals surface area contributed by atoms with Gasteiger partial charge in [0.25, 0.3) is 0 Å². The lowest BCUT2D eigenvalue weighted by Gasteiger charge is -2.18. The van der Waals surface area contributed by atoms with Crippen molar-refractivity contribution in [3.8, 4) is 0 Å². The molecule has 0 bridgehead atoms.